The lowest BCUT2D eigenvalue weighted by molar-refractivity contribution is 0.562. The lowest BCUT2D eigenvalue weighted by atomic mass is 10.1. The summed E-state index contributed by atoms with van der Waals surface area (Å²) in [6, 6.07) is 2.19. The molecule has 0 aromatic carbocycles. The van der Waals surface area contributed by atoms with Gasteiger partial charge in [0, 0.05) is 52.4 Å². The number of aromatic nitrogens is 3. The summed E-state index contributed by atoms with van der Waals surface area (Å²) in [6.45, 7) is 7.02. The zero-order valence-electron chi connectivity index (χ0n) is 12.5. The Kier molecular flexibility index (Phi) is 4.88. The number of nitrogens with zero attached hydrogens (tertiary/aromatic N) is 3. The second-order valence-corrected chi connectivity index (χ2v) is 6.72. The first-order valence-electron chi connectivity index (χ1n) is 6.84. The average molecular weight is 294 g/mol. The van der Waals surface area contributed by atoms with Crippen LogP contribution in [0.4, 0.5) is 0 Å². The molecule has 2 atom stereocenters. The van der Waals surface area contributed by atoms with Gasteiger partial charge in [-0.1, -0.05) is 0 Å². The summed E-state index contributed by atoms with van der Waals surface area (Å²) in [5.41, 5.74) is 4.13. The molecule has 0 saturated carbocycles. The average Bonchev–Trinajstić information content (AvgIpc) is 2.76. The van der Waals surface area contributed by atoms with Gasteiger partial charge < -0.3 is 5.32 Å². The molecule has 2 aromatic rings. The first kappa shape index (κ1) is 15.1. The van der Waals surface area contributed by atoms with Crippen molar-refractivity contribution < 1.29 is 4.21 Å². The molecular formula is C14H22N4OS. The van der Waals surface area contributed by atoms with Crippen LogP contribution in [0.15, 0.2) is 12.3 Å². The van der Waals surface area contributed by atoms with Crippen molar-refractivity contribution in [3.8, 4) is 0 Å². The highest BCUT2D eigenvalue weighted by atomic mass is 32.2. The van der Waals surface area contributed by atoms with Gasteiger partial charge in [-0.3, -0.25) is 4.21 Å². The van der Waals surface area contributed by atoms with Crippen molar-refractivity contribution in [1.29, 1.82) is 0 Å². The molecule has 0 aliphatic carbocycles. The Morgan fingerprint density at radius 2 is 2.20 bits per heavy atom. The maximum atomic E-state index is 11.0. The van der Waals surface area contributed by atoms with Crippen LogP contribution in [0.5, 0.6) is 0 Å². The minimum Gasteiger partial charge on any atom is -0.310 e. The van der Waals surface area contributed by atoms with Crippen LogP contribution in [0.2, 0.25) is 0 Å². The van der Waals surface area contributed by atoms with Gasteiger partial charge >= 0.3 is 0 Å². The zero-order valence-corrected chi connectivity index (χ0v) is 13.3. The fourth-order valence-electron chi connectivity index (χ4n) is 2.31. The van der Waals surface area contributed by atoms with Crippen LogP contribution in [0.1, 0.15) is 36.3 Å². The first-order valence-corrected chi connectivity index (χ1v) is 8.57. The minimum absolute atomic E-state index is 0.210. The van der Waals surface area contributed by atoms with E-state index in [0.29, 0.717) is 0 Å². The lowest BCUT2D eigenvalue weighted by Crippen LogP contribution is -2.22. The normalized spacial score (nSPS) is 14.6. The van der Waals surface area contributed by atoms with E-state index in [9.17, 15) is 4.21 Å². The number of aryl methyl sites for hydroxylation is 2. The second kappa shape index (κ2) is 6.45. The number of rotatable bonds is 6. The van der Waals surface area contributed by atoms with Crippen molar-refractivity contribution in [2.45, 2.75) is 33.2 Å². The van der Waals surface area contributed by atoms with Crippen molar-refractivity contribution in [3.63, 3.8) is 0 Å². The molecule has 2 aromatic heterocycles. The van der Waals surface area contributed by atoms with Gasteiger partial charge in [-0.15, -0.1) is 0 Å². The van der Waals surface area contributed by atoms with E-state index >= 15 is 0 Å². The molecule has 0 spiro atoms. The van der Waals surface area contributed by atoms with E-state index in [4.69, 9.17) is 0 Å². The summed E-state index contributed by atoms with van der Waals surface area (Å²) in [7, 11) is -0.711. The van der Waals surface area contributed by atoms with Crippen LogP contribution in [-0.2, 0) is 10.8 Å². The quantitative estimate of drug-likeness (QED) is 0.825. The molecule has 2 rings (SSSR count). The lowest BCUT2D eigenvalue weighted by Gasteiger charge is -2.16. The second-order valence-electron chi connectivity index (χ2n) is 5.16. The van der Waals surface area contributed by atoms with Crippen LogP contribution in [0, 0.1) is 13.8 Å². The molecule has 110 valence electrons. The largest absolute Gasteiger partial charge is 0.310 e. The molecule has 0 aliphatic heterocycles. The molecule has 2 heterocycles. The number of hydrogen-bond donors (Lipinski definition) is 1. The highest BCUT2D eigenvalue weighted by molar-refractivity contribution is 7.84. The van der Waals surface area contributed by atoms with Crippen molar-refractivity contribution in [1.82, 2.24) is 19.9 Å². The van der Waals surface area contributed by atoms with Crippen molar-refractivity contribution in [3.05, 3.63) is 29.2 Å². The Hall–Kier alpha value is -1.27. The van der Waals surface area contributed by atoms with Gasteiger partial charge in [0.05, 0.1) is 5.69 Å². The van der Waals surface area contributed by atoms with E-state index in [0.717, 1.165) is 41.3 Å². The molecule has 5 nitrogen and oxygen atoms in total. The van der Waals surface area contributed by atoms with Crippen LogP contribution < -0.4 is 5.32 Å². The molecule has 0 fully saturated rings. The van der Waals surface area contributed by atoms with E-state index in [2.05, 4.69) is 29.2 Å². The number of hydrogen-bond acceptors (Lipinski definition) is 4. The molecular weight excluding hydrogens is 272 g/mol. The summed E-state index contributed by atoms with van der Waals surface area (Å²) in [5.74, 6) is 0.744. The summed E-state index contributed by atoms with van der Waals surface area (Å²) in [6.07, 6.45) is 4.58. The van der Waals surface area contributed by atoms with Crippen LogP contribution in [-0.4, -0.2) is 37.4 Å². The molecule has 0 bridgehead atoms. The fraction of sp³-hybridized carbons (Fsp3) is 0.571. The Morgan fingerprint density at radius 3 is 2.90 bits per heavy atom. The van der Waals surface area contributed by atoms with Gasteiger partial charge in [-0.2, -0.15) is 5.10 Å². The highest BCUT2D eigenvalue weighted by Crippen LogP contribution is 2.17. The third kappa shape index (κ3) is 3.43. The number of nitrogens with one attached hydrogen (secondary N) is 1. The van der Waals surface area contributed by atoms with E-state index in [1.165, 1.54) is 0 Å². The zero-order chi connectivity index (χ0) is 14.7. The standard InChI is InChI=1S/C14H22N4OS/c1-10-8-14-16-9-13(12(3)18(14)17-10)11(2)15-6-5-7-20(4)19/h8-9,11,15H,5-7H2,1-4H3. The maximum Gasteiger partial charge on any atom is 0.155 e. The van der Waals surface area contributed by atoms with Gasteiger partial charge in [-0.05, 0) is 33.7 Å². The van der Waals surface area contributed by atoms with E-state index in [-0.39, 0.29) is 6.04 Å². The Labute approximate surface area is 122 Å². The van der Waals surface area contributed by atoms with Gasteiger partial charge in [0.15, 0.2) is 5.65 Å². The van der Waals surface area contributed by atoms with Gasteiger partial charge in [0.2, 0.25) is 0 Å². The molecule has 0 amide bonds. The minimum atomic E-state index is -0.711. The summed E-state index contributed by atoms with van der Waals surface area (Å²) >= 11 is 0. The van der Waals surface area contributed by atoms with E-state index in [1.54, 1.807) is 6.26 Å². The smallest absolute Gasteiger partial charge is 0.155 e. The van der Waals surface area contributed by atoms with Crippen LogP contribution >= 0.6 is 0 Å². The third-order valence-electron chi connectivity index (χ3n) is 3.41. The Bertz CT molecular complexity index is 623. The van der Waals surface area contributed by atoms with Crippen LogP contribution in [0.25, 0.3) is 5.65 Å². The summed E-state index contributed by atoms with van der Waals surface area (Å²) in [5, 5.41) is 7.91. The monoisotopic (exact) mass is 294 g/mol. The predicted octanol–water partition coefficient (Wildman–Crippen LogP) is 1.77. The SMILES string of the molecule is Cc1cc2ncc(C(C)NCCCS(C)=O)c(C)n2n1. The molecule has 0 saturated heterocycles. The molecule has 6 heteroatoms. The molecule has 1 N–H and O–H groups in total. The fourth-order valence-corrected chi connectivity index (χ4v) is 2.86. The van der Waals surface area contributed by atoms with Crippen molar-refractivity contribution in [2.75, 3.05) is 18.6 Å². The molecule has 20 heavy (non-hydrogen) atoms. The van der Waals surface area contributed by atoms with Crippen molar-refractivity contribution in [2.24, 2.45) is 0 Å². The van der Waals surface area contributed by atoms with Gasteiger partial charge in [0.25, 0.3) is 0 Å². The topological polar surface area (TPSA) is 59.3 Å². The van der Waals surface area contributed by atoms with E-state index in [1.807, 2.05) is 23.7 Å². The maximum absolute atomic E-state index is 11.0. The molecule has 0 aliphatic rings. The summed E-state index contributed by atoms with van der Waals surface area (Å²) < 4.78 is 12.9. The Balaban J connectivity index is 2.07. The van der Waals surface area contributed by atoms with Crippen LogP contribution in [0.3, 0.4) is 0 Å². The first-order chi connectivity index (χ1) is 9.49. The van der Waals surface area contributed by atoms with E-state index < -0.39 is 10.8 Å². The summed E-state index contributed by atoms with van der Waals surface area (Å²) in [4.78, 5) is 4.45. The predicted molar refractivity (Wildman–Crippen MR) is 82.4 cm³/mol. The van der Waals surface area contributed by atoms with Crippen molar-refractivity contribution >= 4 is 16.4 Å². The van der Waals surface area contributed by atoms with Gasteiger partial charge in [0.1, 0.15) is 0 Å². The highest BCUT2D eigenvalue weighted by Gasteiger charge is 2.12. The molecule has 2 unspecified atom stereocenters. The number of fused-ring (bicyclic) bond motifs is 1. The Morgan fingerprint density at radius 1 is 1.45 bits per heavy atom. The van der Waals surface area contributed by atoms with Gasteiger partial charge in [-0.25, -0.2) is 9.50 Å². The third-order valence-corrected chi connectivity index (χ3v) is 4.27. The molecule has 0 radical (unpaired) electrons.